The van der Waals surface area contributed by atoms with Crippen molar-refractivity contribution in [3.8, 4) is 0 Å². The molecule has 6 heteroatoms. The van der Waals surface area contributed by atoms with E-state index in [-0.39, 0.29) is 11.8 Å². The molecular weight excluding hydrogens is 266 g/mol. The Morgan fingerprint density at radius 3 is 2.71 bits per heavy atom. The molecule has 0 saturated carbocycles. The van der Waals surface area contributed by atoms with E-state index in [0.29, 0.717) is 18.4 Å². The maximum absolute atomic E-state index is 11.5. The number of hydrogen-bond acceptors (Lipinski definition) is 5. The van der Waals surface area contributed by atoms with Crippen LogP contribution >= 0.6 is 0 Å². The van der Waals surface area contributed by atoms with Gasteiger partial charge in [0.25, 0.3) is 0 Å². The molecular formula is C15H25N5O. The van der Waals surface area contributed by atoms with Crippen molar-refractivity contribution in [1.82, 2.24) is 9.97 Å². The van der Waals surface area contributed by atoms with Crippen LogP contribution in [0.15, 0.2) is 0 Å². The van der Waals surface area contributed by atoms with Gasteiger partial charge in [-0.2, -0.15) is 0 Å². The lowest BCUT2D eigenvalue weighted by Gasteiger charge is -2.38. The van der Waals surface area contributed by atoms with Gasteiger partial charge in [-0.05, 0) is 33.1 Å². The van der Waals surface area contributed by atoms with Crippen molar-refractivity contribution in [2.45, 2.75) is 52.5 Å². The number of primary amides is 1. The predicted octanol–water partition coefficient (Wildman–Crippen LogP) is 1.41. The van der Waals surface area contributed by atoms with Gasteiger partial charge in [0.05, 0.1) is 5.92 Å². The molecule has 1 amide bonds. The van der Waals surface area contributed by atoms with Crippen LogP contribution < -0.4 is 16.4 Å². The second kappa shape index (κ2) is 6.28. The van der Waals surface area contributed by atoms with Gasteiger partial charge in [0.1, 0.15) is 17.5 Å². The maximum atomic E-state index is 11.5. The van der Waals surface area contributed by atoms with Crippen LogP contribution in [0.2, 0.25) is 0 Å². The standard InChI is InChI=1S/C15H25N5O/c1-4-5-12-18-13(16)10(3)15(19-12)20-8-11(14(17)21)7-6-9(20)2/h9,11H,4-8H2,1-3H3,(H2,17,21)(H2,16,18,19). The van der Waals surface area contributed by atoms with Gasteiger partial charge in [-0.25, -0.2) is 9.97 Å². The number of amides is 1. The van der Waals surface area contributed by atoms with E-state index in [1.54, 1.807) is 0 Å². The van der Waals surface area contributed by atoms with Crippen LogP contribution in [-0.4, -0.2) is 28.5 Å². The molecule has 4 N–H and O–H groups in total. The zero-order valence-electron chi connectivity index (χ0n) is 13.1. The van der Waals surface area contributed by atoms with E-state index < -0.39 is 0 Å². The second-order valence-electron chi connectivity index (χ2n) is 5.90. The van der Waals surface area contributed by atoms with Gasteiger partial charge >= 0.3 is 0 Å². The molecule has 2 heterocycles. The molecule has 0 aromatic carbocycles. The van der Waals surface area contributed by atoms with Gasteiger partial charge in [-0.3, -0.25) is 4.79 Å². The first-order valence-electron chi connectivity index (χ1n) is 7.63. The molecule has 1 saturated heterocycles. The lowest BCUT2D eigenvalue weighted by atomic mass is 9.92. The van der Waals surface area contributed by atoms with Crippen molar-refractivity contribution in [2.24, 2.45) is 11.7 Å². The third-order valence-electron chi connectivity index (χ3n) is 4.23. The fraction of sp³-hybridized carbons (Fsp3) is 0.667. The van der Waals surface area contributed by atoms with Crippen LogP contribution in [0.5, 0.6) is 0 Å². The first-order chi connectivity index (χ1) is 9.93. The predicted molar refractivity (Wildman–Crippen MR) is 83.9 cm³/mol. The Bertz CT molecular complexity index is 531. The molecule has 2 rings (SSSR count). The molecule has 2 unspecified atom stereocenters. The zero-order chi connectivity index (χ0) is 15.6. The molecule has 0 bridgehead atoms. The van der Waals surface area contributed by atoms with Gasteiger partial charge in [-0.15, -0.1) is 0 Å². The summed E-state index contributed by atoms with van der Waals surface area (Å²) in [5, 5.41) is 0. The molecule has 21 heavy (non-hydrogen) atoms. The molecule has 1 fully saturated rings. The molecule has 0 radical (unpaired) electrons. The summed E-state index contributed by atoms with van der Waals surface area (Å²) in [6.45, 7) is 6.78. The van der Waals surface area contributed by atoms with Gasteiger partial charge in [0.15, 0.2) is 0 Å². The van der Waals surface area contributed by atoms with E-state index in [1.807, 2.05) is 6.92 Å². The summed E-state index contributed by atoms with van der Waals surface area (Å²) in [5.41, 5.74) is 12.4. The molecule has 116 valence electrons. The lowest BCUT2D eigenvalue weighted by molar-refractivity contribution is -0.122. The molecule has 1 aromatic heterocycles. The summed E-state index contributed by atoms with van der Waals surface area (Å²) in [6.07, 6.45) is 3.55. The minimum atomic E-state index is -0.236. The highest BCUT2D eigenvalue weighted by molar-refractivity contribution is 5.77. The minimum absolute atomic E-state index is 0.119. The number of carbonyl (C=O) groups is 1. The van der Waals surface area contributed by atoms with E-state index in [2.05, 4.69) is 28.7 Å². The normalized spacial score (nSPS) is 22.3. The van der Waals surface area contributed by atoms with E-state index in [1.165, 1.54) is 0 Å². The first-order valence-corrected chi connectivity index (χ1v) is 7.63. The van der Waals surface area contributed by atoms with Crippen molar-refractivity contribution >= 4 is 17.5 Å². The second-order valence-corrected chi connectivity index (χ2v) is 5.90. The average molecular weight is 291 g/mol. The average Bonchev–Trinajstić information content (AvgIpc) is 2.43. The third kappa shape index (κ3) is 3.25. The molecule has 1 aliphatic rings. The minimum Gasteiger partial charge on any atom is -0.383 e. The summed E-state index contributed by atoms with van der Waals surface area (Å²) in [4.78, 5) is 22.7. The van der Waals surface area contributed by atoms with Gasteiger partial charge < -0.3 is 16.4 Å². The number of aryl methyl sites for hydroxylation is 1. The van der Waals surface area contributed by atoms with E-state index in [4.69, 9.17) is 11.5 Å². The number of nitrogens with zero attached hydrogens (tertiary/aromatic N) is 3. The van der Waals surface area contributed by atoms with Crippen LogP contribution in [-0.2, 0) is 11.2 Å². The van der Waals surface area contributed by atoms with Crippen molar-refractivity contribution in [1.29, 1.82) is 0 Å². The number of aromatic nitrogens is 2. The van der Waals surface area contributed by atoms with E-state index >= 15 is 0 Å². The highest BCUT2D eigenvalue weighted by Crippen LogP contribution is 2.30. The molecule has 1 aliphatic heterocycles. The Kier molecular flexibility index (Phi) is 4.65. The van der Waals surface area contributed by atoms with Crippen LogP contribution in [0.4, 0.5) is 11.6 Å². The summed E-state index contributed by atoms with van der Waals surface area (Å²) < 4.78 is 0. The molecule has 6 nitrogen and oxygen atoms in total. The smallest absolute Gasteiger partial charge is 0.222 e. The number of piperidine rings is 1. The Labute approximate surface area is 125 Å². The maximum Gasteiger partial charge on any atom is 0.222 e. The van der Waals surface area contributed by atoms with Crippen LogP contribution in [0.25, 0.3) is 0 Å². The lowest BCUT2D eigenvalue weighted by Crippen LogP contribution is -2.46. The summed E-state index contributed by atoms with van der Waals surface area (Å²) in [5.74, 6) is 1.79. The molecule has 0 spiro atoms. The Morgan fingerprint density at radius 1 is 1.38 bits per heavy atom. The largest absolute Gasteiger partial charge is 0.383 e. The Morgan fingerprint density at radius 2 is 2.10 bits per heavy atom. The van der Waals surface area contributed by atoms with Crippen molar-refractivity contribution in [2.75, 3.05) is 17.2 Å². The number of anilines is 2. The summed E-state index contributed by atoms with van der Waals surface area (Å²) in [6, 6.07) is 0.322. The third-order valence-corrected chi connectivity index (χ3v) is 4.23. The Hall–Kier alpha value is -1.85. The number of nitrogen functional groups attached to an aromatic ring is 1. The number of carbonyl (C=O) groups excluding carboxylic acids is 1. The summed E-state index contributed by atoms with van der Waals surface area (Å²) in [7, 11) is 0. The highest BCUT2D eigenvalue weighted by atomic mass is 16.1. The number of rotatable bonds is 4. The van der Waals surface area contributed by atoms with Gasteiger partial charge in [-0.1, -0.05) is 6.92 Å². The topological polar surface area (TPSA) is 98.1 Å². The van der Waals surface area contributed by atoms with Crippen LogP contribution in [0, 0.1) is 12.8 Å². The SMILES string of the molecule is CCCc1nc(N)c(C)c(N2CC(C(N)=O)CCC2C)n1. The van der Waals surface area contributed by atoms with Crippen LogP contribution in [0.1, 0.15) is 44.5 Å². The van der Waals surface area contributed by atoms with Crippen LogP contribution in [0.3, 0.4) is 0 Å². The fourth-order valence-electron chi connectivity index (χ4n) is 2.82. The number of hydrogen-bond donors (Lipinski definition) is 2. The monoisotopic (exact) mass is 291 g/mol. The van der Waals surface area contributed by atoms with Gasteiger partial charge in [0.2, 0.25) is 5.91 Å². The van der Waals surface area contributed by atoms with Crippen molar-refractivity contribution < 1.29 is 4.79 Å². The van der Waals surface area contributed by atoms with E-state index in [9.17, 15) is 4.79 Å². The molecule has 2 atom stereocenters. The van der Waals surface area contributed by atoms with Crippen molar-refractivity contribution in [3.05, 3.63) is 11.4 Å². The molecule has 0 aliphatic carbocycles. The number of nitrogens with two attached hydrogens (primary N) is 2. The highest BCUT2D eigenvalue weighted by Gasteiger charge is 2.30. The van der Waals surface area contributed by atoms with Crippen molar-refractivity contribution in [3.63, 3.8) is 0 Å². The summed E-state index contributed by atoms with van der Waals surface area (Å²) >= 11 is 0. The zero-order valence-corrected chi connectivity index (χ0v) is 13.1. The van der Waals surface area contributed by atoms with E-state index in [0.717, 1.165) is 42.9 Å². The fourth-order valence-corrected chi connectivity index (χ4v) is 2.82. The molecule has 1 aromatic rings. The van der Waals surface area contributed by atoms with Gasteiger partial charge in [0, 0.05) is 24.6 Å². The quantitative estimate of drug-likeness (QED) is 0.874. The Balaban J connectivity index is 2.36. The first kappa shape index (κ1) is 15.5.